The van der Waals surface area contributed by atoms with E-state index in [0.717, 1.165) is 0 Å². The van der Waals surface area contributed by atoms with Crippen molar-refractivity contribution in [2.75, 3.05) is 0 Å². The van der Waals surface area contributed by atoms with Crippen LogP contribution in [0.5, 0.6) is 0 Å². The first-order valence-electron chi connectivity index (χ1n) is 1.01. The van der Waals surface area contributed by atoms with Crippen LogP contribution in [0.4, 0.5) is 0 Å². The summed E-state index contributed by atoms with van der Waals surface area (Å²) in [6.07, 6.45) is 0. The van der Waals surface area contributed by atoms with E-state index >= 15 is 0 Å². The second-order valence-electron chi connectivity index (χ2n) is 0.478. The minimum atomic E-state index is -5.38. The van der Waals surface area contributed by atoms with Gasteiger partial charge < -0.3 is 5.21 Å². The molecule has 0 spiro atoms. The van der Waals surface area contributed by atoms with E-state index in [1.54, 1.807) is 0 Å². The molecule has 9 heteroatoms. The topological polar surface area (TPSA) is 121 Å². The molecule has 0 aliphatic carbocycles. The van der Waals surface area contributed by atoms with Gasteiger partial charge in [-0.15, -0.1) is 4.91 Å². The molecule has 0 aliphatic rings. The van der Waals surface area contributed by atoms with E-state index in [1.165, 1.54) is 5.34 Å². The van der Waals surface area contributed by atoms with Crippen LogP contribution in [0.1, 0.15) is 0 Å². The summed E-state index contributed by atoms with van der Waals surface area (Å²) in [6.45, 7) is 0. The van der Waals surface area contributed by atoms with Gasteiger partial charge in [0, 0.05) is 0 Å². The second-order valence-corrected chi connectivity index (χ2v) is 1.71. The molecule has 0 aromatic heterocycles. The zero-order valence-corrected chi connectivity index (χ0v) is 4.53. The van der Waals surface area contributed by atoms with Gasteiger partial charge in [-0.25, -0.2) is 0 Å². The van der Waals surface area contributed by atoms with Crippen LogP contribution >= 0.6 is 0 Å². The average Bonchev–Trinajstić information content (AvgIpc) is 1.27. The van der Waals surface area contributed by atoms with E-state index in [9.17, 15) is 0 Å². The standard InChI is InChI=1S/K.Mn.HNO2.H2O.3O.H/c;;2-1-3;;;;;/h;;(H,2,3);1H2;;;;/q;+1;;;;;;/p-1. The molecular formula is H3KMnNO6. The Labute approximate surface area is 93.9 Å². The van der Waals surface area contributed by atoms with Gasteiger partial charge >= 0.3 is 80.0 Å². The molecule has 9 heavy (non-hydrogen) atoms. The Morgan fingerprint density at radius 1 is 1.22 bits per heavy atom. The molecule has 0 rings (SSSR count). The van der Waals surface area contributed by atoms with Crippen LogP contribution in [0.3, 0.4) is 0 Å². The van der Waals surface area contributed by atoms with Crippen molar-refractivity contribution in [2.45, 2.75) is 0 Å². The second kappa shape index (κ2) is 8.92. The molecule has 0 saturated carbocycles. The van der Waals surface area contributed by atoms with Crippen LogP contribution in [0.2, 0.25) is 0 Å². The van der Waals surface area contributed by atoms with Crippen molar-refractivity contribution in [1.82, 2.24) is 0 Å². The molecule has 0 fully saturated rings. The van der Waals surface area contributed by atoms with Crippen molar-refractivity contribution in [1.29, 1.82) is 0 Å². The maximum atomic E-state index is 8.69. The van der Waals surface area contributed by atoms with Crippen molar-refractivity contribution in [3.8, 4) is 0 Å². The van der Waals surface area contributed by atoms with Crippen molar-refractivity contribution >= 4 is 51.4 Å². The Balaban J connectivity index is -0.0000000800. The third kappa shape index (κ3) is 508. The van der Waals surface area contributed by atoms with Crippen molar-refractivity contribution in [2.24, 2.45) is 5.34 Å². The molecule has 0 unspecified atom stereocenters. The van der Waals surface area contributed by atoms with E-state index in [0.29, 0.717) is 0 Å². The summed E-state index contributed by atoms with van der Waals surface area (Å²) >= 11 is -5.38. The van der Waals surface area contributed by atoms with E-state index in [2.05, 4.69) is 0 Å². The van der Waals surface area contributed by atoms with E-state index in [4.69, 9.17) is 25.8 Å². The first-order valence-corrected chi connectivity index (χ1v) is 2.99. The zero-order chi connectivity index (χ0) is 7.21. The normalized spacial score (nSPS) is 7.67. The first kappa shape index (κ1) is 16.5. The number of nitrogens with zero attached hydrogens (tertiary/aromatic N) is 1. The van der Waals surface area contributed by atoms with Gasteiger partial charge in [-0.05, 0) is 0 Å². The zero-order valence-electron chi connectivity index (χ0n) is 3.35. The van der Waals surface area contributed by atoms with Crippen LogP contribution in [0, 0.1) is 4.91 Å². The Hall–Kier alpha value is 0.916. The SMILES string of the molecule is O=NO.[KH].[O]=[Mn](=[O])(=[O])[OH]. The molecule has 0 aliphatic heterocycles. The van der Waals surface area contributed by atoms with Crippen molar-refractivity contribution < 1.29 is 33.9 Å². The molecule has 0 saturated heterocycles. The number of rotatable bonds is 0. The van der Waals surface area contributed by atoms with Gasteiger partial charge in [-0.2, -0.15) is 0 Å². The first-order chi connectivity index (χ1) is 3.41. The van der Waals surface area contributed by atoms with Crippen molar-refractivity contribution in [3.63, 3.8) is 0 Å². The van der Waals surface area contributed by atoms with Crippen LogP contribution in [0.25, 0.3) is 0 Å². The summed E-state index contributed by atoms with van der Waals surface area (Å²) in [6, 6.07) is 0. The maximum absolute atomic E-state index is 8.69. The van der Waals surface area contributed by atoms with Crippen LogP contribution in [-0.2, 0) is 24.5 Å². The molecule has 0 aromatic rings. The van der Waals surface area contributed by atoms with Crippen LogP contribution in [0.15, 0.2) is 5.34 Å². The van der Waals surface area contributed by atoms with Gasteiger partial charge in [0.15, 0.2) is 5.34 Å². The average molecular weight is 207 g/mol. The molecule has 0 bridgehead atoms. The predicted octanol–water partition coefficient (Wildman–Crippen LogP) is -1.42. The summed E-state index contributed by atoms with van der Waals surface area (Å²) in [5, 5.41) is 7.89. The molecule has 7 nitrogen and oxygen atoms in total. The summed E-state index contributed by atoms with van der Waals surface area (Å²) in [7, 11) is 0. The fourth-order valence-electron chi connectivity index (χ4n) is 0. The van der Waals surface area contributed by atoms with Crippen molar-refractivity contribution in [3.05, 3.63) is 4.91 Å². The van der Waals surface area contributed by atoms with Gasteiger partial charge in [0.25, 0.3) is 0 Å². The summed E-state index contributed by atoms with van der Waals surface area (Å²) in [4.78, 5) is 8.11. The Morgan fingerprint density at radius 2 is 1.22 bits per heavy atom. The Morgan fingerprint density at radius 3 is 1.22 bits per heavy atom. The fraction of sp³-hybridized carbons (Fsp3) is 0. The van der Waals surface area contributed by atoms with Gasteiger partial charge in [0.05, 0.1) is 0 Å². The Kier molecular flexibility index (Phi) is 16.3. The monoisotopic (exact) mass is 207 g/mol. The minimum absolute atomic E-state index is 0. The van der Waals surface area contributed by atoms with E-state index < -0.39 is 13.0 Å². The summed E-state index contributed by atoms with van der Waals surface area (Å²) in [5.74, 6) is 0. The molecule has 0 heterocycles. The summed E-state index contributed by atoms with van der Waals surface area (Å²) in [5.41, 5.74) is 0. The van der Waals surface area contributed by atoms with E-state index in [-0.39, 0.29) is 51.4 Å². The summed E-state index contributed by atoms with van der Waals surface area (Å²) < 4.78 is 33.1. The predicted molar refractivity (Wildman–Crippen MR) is 19.0 cm³/mol. The van der Waals surface area contributed by atoms with E-state index in [1.807, 2.05) is 0 Å². The third-order valence-corrected chi connectivity index (χ3v) is 0. The van der Waals surface area contributed by atoms with Gasteiger partial charge in [0.2, 0.25) is 0 Å². The molecule has 2 N–H and O–H groups in total. The van der Waals surface area contributed by atoms with Crippen LogP contribution in [-0.4, -0.2) is 60.8 Å². The van der Waals surface area contributed by atoms with Gasteiger partial charge in [-0.1, -0.05) is 0 Å². The van der Waals surface area contributed by atoms with Gasteiger partial charge in [-0.3, -0.25) is 0 Å². The molecule has 0 aromatic carbocycles. The fourth-order valence-corrected chi connectivity index (χ4v) is 0. The molecule has 0 radical (unpaired) electrons. The molecule has 0 amide bonds. The molecule has 0 atom stereocenters. The Bertz CT molecular complexity index is 168. The number of hydrogen-bond acceptors (Lipinski definition) is 5. The molecular weight excluding hydrogens is 204 g/mol. The molecule has 52 valence electrons. The quantitative estimate of drug-likeness (QED) is 0.285. The third-order valence-electron chi connectivity index (χ3n) is 0. The van der Waals surface area contributed by atoms with Gasteiger partial charge in [0.1, 0.15) is 0 Å². The van der Waals surface area contributed by atoms with Crippen LogP contribution < -0.4 is 0 Å². The number of hydrogen-bond donors (Lipinski definition) is 2.